The summed E-state index contributed by atoms with van der Waals surface area (Å²) in [5.74, 6) is -0.724. The topological polar surface area (TPSA) is 102 Å². The minimum atomic E-state index is -0.625. The van der Waals surface area contributed by atoms with Crippen LogP contribution in [0.15, 0.2) is 42.5 Å². The van der Waals surface area contributed by atoms with Crippen LogP contribution in [0.2, 0.25) is 0 Å². The lowest BCUT2D eigenvalue weighted by molar-refractivity contribution is -0.148. The van der Waals surface area contributed by atoms with Crippen molar-refractivity contribution in [3.05, 3.63) is 64.7 Å². The van der Waals surface area contributed by atoms with Gasteiger partial charge < -0.3 is 14.8 Å². The molecule has 1 N–H and O–H groups in total. The fourth-order valence-corrected chi connectivity index (χ4v) is 4.56. The highest BCUT2D eigenvalue weighted by molar-refractivity contribution is 6.30. The zero-order valence-corrected chi connectivity index (χ0v) is 21.0. The summed E-state index contributed by atoms with van der Waals surface area (Å²) in [6.07, 6.45) is 2.11. The number of likely N-dealkylation sites (tertiary alicyclic amines) is 1. The fraction of sp³-hybridized carbons (Fsp3) is 0.429. The van der Waals surface area contributed by atoms with Gasteiger partial charge in [-0.15, -0.1) is 0 Å². The molecule has 2 aliphatic rings. The van der Waals surface area contributed by atoms with E-state index >= 15 is 0 Å². The number of hydrogen-bond donors (Lipinski definition) is 1. The van der Waals surface area contributed by atoms with E-state index in [1.54, 1.807) is 63.2 Å². The second kappa shape index (κ2) is 10.5. The average molecular weight is 493 g/mol. The zero-order valence-electron chi connectivity index (χ0n) is 21.0. The summed E-state index contributed by atoms with van der Waals surface area (Å²) >= 11 is 0. The minimum Gasteiger partial charge on any atom is -0.464 e. The van der Waals surface area contributed by atoms with Crippen LogP contribution in [0.4, 0.5) is 10.5 Å². The molecule has 1 aliphatic carbocycles. The van der Waals surface area contributed by atoms with Crippen LogP contribution in [0.25, 0.3) is 0 Å². The van der Waals surface area contributed by atoms with Gasteiger partial charge in [0.2, 0.25) is 0 Å². The molecule has 1 atom stereocenters. The number of carbonyl (C=O) groups excluding carboxylic acids is 4. The highest BCUT2D eigenvalue weighted by atomic mass is 16.6. The Balaban J connectivity index is 1.26. The average Bonchev–Trinajstić information content (AvgIpc) is 3.34. The van der Waals surface area contributed by atoms with Gasteiger partial charge in [-0.1, -0.05) is 36.4 Å². The van der Waals surface area contributed by atoms with E-state index in [0.717, 1.165) is 6.42 Å². The number of nitrogens with zero attached hydrogens (tertiary/aromatic N) is 1. The van der Waals surface area contributed by atoms with Crippen molar-refractivity contribution in [1.29, 1.82) is 0 Å². The summed E-state index contributed by atoms with van der Waals surface area (Å²) < 4.78 is 10.8. The maximum Gasteiger partial charge on any atom is 0.411 e. The molecule has 1 aliphatic heterocycles. The zero-order chi connectivity index (χ0) is 25.9. The molecule has 1 saturated heterocycles. The number of amides is 1. The normalized spacial score (nSPS) is 16.9. The molecule has 0 bridgehead atoms. The number of ether oxygens (including phenoxy) is 2. The van der Waals surface area contributed by atoms with Crippen molar-refractivity contribution in [2.75, 3.05) is 25.0 Å². The summed E-state index contributed by atoms with van der Waals surface area (Å²) in [4.78, 5) is 52.3. The Morgan fingerprint density at radius 3 is 2.39 bits per heavy atom. The van der Waals surface area contributed by atoms with Gasteiger partial charge in [-0.25, -0.2) is 9.59 Å². The molecule has 2 aromatic rings. The van der Waals surface area contributed by atoms with Gasteiger partial charge in [0.1, 0.15) is 11.6 Å². The third-order valence-corrected chi connectivity index (χ3v) is 6.24. The standard InChI is InChI=1S/C28H32N2O6/c1-28(2,3)36-27(34)30-16-9-14-22(30)26(33)35-17-7-6-15-29-21-13-8-12-20-23(21)25(32)19-11-5-4-10-18(19)24(20)31/h4-5,8,10-13,22,29H,6-7,9,14-17H2,1-3H3/t22-/m0/s1. The second-order valence-electron chi connectivity index (χ2n) is 10.1. The van der Waals surface area contributed by atoms with Crippen LogP contribution in [-0.2, 0) is 14.3 Å². The van der Waals surface area contributed by atoms with Crippen molar-refractivity contribution in [3.63, 3.8) is 0 Å². The minimum absolute atomic E-state index is 0.150. The van der Waals surface area contributed by atoms with Crippen molar-refractivity contribution in [2.45, 2.75) is 58.1 Å². The Morgan fingerprint density at radius 1 is 0.972 bits per heavy atom. The Hall–Kier alpha value is -3.68. The largest absolute Gasteiger partial charge is 0.464 e. The van der Waals surface area contributed by atoms with Gasteiger partial charge in [0.05, 0.1) is 12.2 Å². The van der Waals surface area contributed by atoms with Crippen LogP contribution in [-0.4, -0.2) is 59.9 Å². The molecule has 1 fully saturated rings. The van der Waals surface area contributed by atoms with E-state index < -0.39 is 23.7 Å². The Bertz CT molecular complexity index is 1180. The number of carbonyl (C=O) groups is 4. The monoisotopic (exact) mass is 492 g/mol. The van der Waals surface area contributed by atoms with Gasteiger partial charge in [-0.2, -0.15) is 0 Å². The molecule has 0 spiro atoms. The van der Waals surface area contributed by atoms with E-state index in [-0.39, 0.29) is 18.2 Å². The summed E-state index contributed by atoms with van der Waals surface area (Å²) in [7, 11) is 0. The van der Waals surface area contributed by atoms with Crippen molar-refractivity contribution in [2.24, 2.45) is 0 Å². The van der Waals surface area contributed by atoms with Crippen molar-refractivity contribution in [3.8, 4) is 0 Å². The number of nitrogens with one attached hydrogen (secondary N) is 1. The summed E-state index contributed by atoms with van der Waals surface area (Å²) in [6, 6.07) is 11.5. The molecule has 1 heterocycles. The van der Waals surface area contributed by atoms with E-state index in [4.69, 9.17) is 9.47 Å². The number of rotatable bonds is 7. The Kier molecular flexibility index (Phi) is 7.43. The molecular weight excluding hydrogens is 460 g/mol. The first-order valence-corrected chi connectivity index (χ1v) is 12.4. The van der Waals surface area contributed by atoms with E-state index in [0.29, 0.717) is 60.3 Å². The summed E-state index contributed by atoms with van der Waals surface area (Å²) in [5.41, 5.74) is 1.65. The molecule has 0 saturated carbocycles. The molecule has 1 amide bonds. The maximum absolute atomic E-state index is 13.1. The molecule has 0 unspecified atom stereocenters. The van der Waals surface area contributed by atoms with Crippen LogP contribution in [0.3, 0.4) is 0 Å². The lowest BCUT2D eigenvalue weighted by Gasteiger charge is -2.27. The number of hydrogen-bond acceptors (Lipinski definition) is 7. The Labute approximate surface area is 210 Å². The predicted molar refractivity (Wildman–Crippen MR) is 134 cm³/mol. The first kappa shape index (κ1) is 25.4. The molecule has 8 heteroatoms. The molecule has 0 aromatic heterocycles. The van der Waals surface area contributed by atoms with Gasteiger partial charge in [-0.05, 0) is 52.5 Å². The summed E-state index contributed by atoms with van der Waals surface area (Å²) in [6.45, 7) is 6.63. The van der Waals surface area contributed by atoms with Crippen LogP contribution in [0.5, 0.6) is 0 Å². The number of unbranched alkanes of at least 4 members (excludes halogenated alkanes) is 1. The van der Waals surface area contributed by atoms with E-state index in [1.165, 1.54) is 4.90 Å². The highest BCUT2D eigenvalue weighted by Crippen LogP contribution is 2.32. The SMILES string of the molecule is CC(C)(C)OC(=O)N1CCC[C@H]1C(=O)OCCCCNc1cccc2c1C(=O)c1ccccc1C2=O. The fourth-order valence-electron chi connectivity index (χ4n) is 4.56. The van der Waals surface area contributed by atoms with Gasteiger partial charge in [0, 0.05) is 35.5 Å². The van der Waals surface area contributed by atoms with Crippen LogP contribution in [0, 0.1) is 0 Å². The van der Waals surface area contributed by atoms with Gasteiger partial charge >= 0.3 is 12.1 Å². The number of ketones is 2. The number of benzene rings is 2. The van der Waals surface area contributed by atoms with E-state index in [2.05, 4.69) is 5.32 Å². The molecule has 2 aromatic carbocycles. The molecule has 8 nitrogen and oxygen atoms in total. The smallest absolute Gasteiger partial charge is 0.411 e. The third-order valence-electron chi connectivity index (χ3n) is 6.24. The number of anilines is 1. The number of esters is 1. The van der Waals surface area contributed by atoms with E-state index in [9.17, 15) is 19.2 Å². The van der Waals surface area contributed by atoms with Crippen LogP contribution in [0.1, 0.15) is 78.3 Å². The molecule has 0 radical (unpaired) electrons. The quantitative estimate of drug-likeness (QED) is 0.380. The van der Waals surface area contributed by atoms with Gasteiger partial charge in [0.15, 0.2) is 11.6 Å². The van der Waals surface area contributed by atoms with Gasteiger partial charge in [0.25, 0.3) is 0 Å². The van der Waals surface area contributed by atoms with Crippen LogP contribution < -0.4 is 5.32 Å². The number of fused-ring (bicyclic) bond motifs is 2. The second-order valence-corrected chi connectivity index (χ2v) is 10.1. The Morgan fingerprint density at radius 2 is 1.67 bits per heavy atom. The van der Waals surface area contributed by atoms with Gasteiger partial charge in [-0.3, -0.25) is 14.5 Å². The lowest BCUT2D eigenvalue weighted by Crippen LogP contribution is -2.44. The predicted octanol–water partition coefficient (Wildman–Crippen LogP) is 4.60. The first-order chi connectivity index (χ1) is 17.2. The summed E-state index contributed by atoms with van der Waals surface area (Å²) in [5, 5.41) is 3.26. The first-order valence-electron chi connectivity index (χ1n) is 12.4. The van der Waals surface area contributed by atoms with Crippen molar-refractivity contribution >= 4 is 29.3 Å². The highest BCUT2D eigenvalue weighted by Gasteiger charge is 2.37. The third kappa shape index (κ3) is 5.42. The van der Waals surface area contributed by atoms with Crippen LogP contribution >= 0.6 is 0 Å². The molecule has 4 rings (SSSR count). The van der Waals surface area contributed by atoms with E-state index in [1.807, 2.05) is 0 Å². The lowest BCUT2D eigenvalue weighted by atomic mass is 9.83. The van der Waals surface area contributed by atoms with Crippen molar-refractivity contribution < 1.29 is 28.7 Å². The van der Waals surface area contributed by atoms with Crippen molar-refractivity contribution in [1.82, 2.24) is 4.90 Å². The molecular formula is C28H32N2O6. The maximum atomic E-state index is 13.1. The molecule has 190 valence electrons. The molecule has 36 heavy (non-hydrogen) atoms.